The number of aromatic nitrogens is 1. The molecule has 2 amide bonds. The number of hydrogen-bond acceptors (Lipinski definition) is 5. The predicted octanol–water partition coefficient (Wildman–Crippen LogP) is 3.25. The van der Waals surface area contributed by atoms with Gasteiger partial charge in [-0.3, -0.25) is 25.2 Å². The minimum absolute atomic E-state index is 0.0295. The largest absolute Gasteiger partial charge is 0.288 e. The number of halogens is 1. The lowest BCUT2D eigenvalue weighted by Gasteiger charge is -2.11. The Balaban J connectivity index is 1.46. The van der Waals surface area contributed by atoms with Gasteiger partial charge in [0.2, 0.25) is 0 Å². The number of carbonyl (C=O) groups is 2. The van der Waals surface area contributed by atoms with E-state index in [0.29, 0.717) is 5.52 Å². The monoisotopic (exact) mass is 464 g/mol. The first-order valence-corrected chi connectivity index (χ1v) is 11.2. The smallest absolute Gasteiger partial charge is 0.277 e. The molecule has 4 aromatic rings. The van der Waals surface area contributed by atoms with Gasteiger partial charge in [-0.2, -0.15) is 0 Å². The molecule has 1 heterocycles. The van der Waals surface area contributed by atoms with Gasteiger partial charge in [0.05, 0.1) is 16.1 Å². The molecule has 3 aromatic carbocycles. The van der Waals surface area contributed by atoms with Crippen molar-refractivity contribution in [3.63, 3.8) is 0 Å². The molecule has 0 saturated carbocycles. The van der Waals surface area contributed by atoms with E-state index in [9.17, 15) is 22.4 Å². The molecule has 0 saturated heterocycles. The number of sulfonamides is 1. The molecule has 0 fully saturated rings. The van der Waals surface area contributed by atoms with Gasteiger partial charge in [0.25, 0.3) is 21.8 Å². The third kappa shape index (κ3) is 4.96. The molecule has 0 atom stereocenters. The lowest BCUT2D eigenvalue weighted by Crippen LogP contribution is -2.42. The van der Waals surface area contributed by atoms with Crippen LogP contribution in [-0.2, 0) is 10.0 Å². The normalized spacial score (nSPS) is 11.1. The number of hydrogen-bond donors (Lipinski definition) is 3. The van der Waals surface area contributed by atoms with Gasteiger partial charge in [0.15, 0.2) is 0 Å². The molecule has 0 aliphatic carbocycles. The van der Waals surface area contributed by atoms with Crippen LogP contribution in [0.3, 0.4) is 0 Å². The second-order valence-corrected chi connectivity index (χ2v) is 8.59. The molecule has 1 aromatic heterocycles. The topological polar surface area (TPSA) is 117 Å². The van der Waals surface area contributed by atoms with E-state index < -0.39 is 27.7 Å². The van der Waals surface area contributed by atoms with E-state index in [0.717, 1.165) is 17.5 Å². The molecule has 0 spiro atoms. The van der Waals surface area contributed by atoms with E-state index in [4.69, 9.17) is 0 Å². The van der Waals surface area contributed by atoms with Crippen molar-refractivity contribution in [2.45, 2.75) is 4.90 Å². The van der Waals surface area contributed by atoms with Gasteiger partial charge >= 0.3 is 0 Å². The minimum Gasteiger partial charge on any atom is -0.277 e. The summed E-state index contributed by atoms with van der Waals surface area (Å²) in [6, 6.07) is 20.9. The van der Waals surface area contributed by atoms with Gasteiger partial charge in [-0.25, -0.2) is 17.8 Å². The lowest BCUT2D eigenvalue weighted by molar-refractivity contribution is 0.0844. The fraction of sp³-hybridized carbons (Fsp3) is 0. The van der Waals surface area contributed by atoms with E-state index in [2.05, 4.69) is 20.6 Å². The summed E-state index contributed by atoms with van der Waals surface area (Å²) in [5, 5.41) is 0.861. The van der Waals surface area contributed by atoms with E-state index in [1.165, 1.54) is 42.5 Å². The van der Waals surface area contributed by atoms with Crippen molar-refractivity contribution in [1.29, 1.82) is 0 Å². The standard InChI is InChI=1S/C23H17FN4O4S/c24-18-9-2-4-11-20(18)28-33(31,32)17-8-5-7-16(14-17)22(29)26-27-23(30)21-13-12-15-6-1-3-10-19(15)25-21/h1-14,28H,(H,26,29)(H,27,30). The summed E-state index contributed by atoms with van der Waals surface area (Å²) in [6.07, 6.45) is 0. The van der Waals surface area contributed by atoms with Crippen LogP contribution < -0.4 is 15.6 Å². The quantitative estimate of drug-likeness (QED) is 0.392. The van der Waals surface area contributed by atoms with Gasteiger partial charge in [-0.1, -0.05) is 42.5 Å². The highest BCUT2D eigenvalue weighted by molar-refractivity contribution is 7.92. The molecule has 0 aliphatic rings. The van der Waals surface area contributed by atoms with Crippen LogP contribution in [0.1, 0.15) is 20.8 Å². The fourth-order valence-corrected chi connectivity index (χ4v) is 4.11. The predicted molar refractivity (Wildman–Crippen MR) is 120 cm³/mol. The maximum absolute atomic E-state index is 13.8. The van der Waals surface area contributed by atoms with E-state index >= 15 is 0 Å². The van der Waals surface area contributed by atoms with Crippen molar-refractivity contribution in [1.82, 2.24) is 15.8 Å². The molecular formula is C23H17FN4O4S. The summed E-state index contributed by atoms with van der Waals surface area (Å²) < 4.78 is 41.2. The van der Waals surface area contributed by atoms with Gasteiger partial charge in [-0.05, 0) is 42.5 Å². The Bertz CT molecular complexity index is 1470. The molecule has 4 rings (SSSR count). The molecule has 0 aliphatic heterocycles. The fourth-order valence-electron chi connectivity index (χ4n) is 2.99. The first kappa shape index (κ1) is 21.9. The highest BCUT2D eigenvalue weighted by Crippen LogP contribution is 2.19. The van der Waals surface area contributed by atoms with Crippen molar-refractivity contribution in [2.24, 2.45) is 0 Å². The molecule has 10 heteroatoms. The molecule has 0 unspecified atom stereocenters. The Morgan fingerprint density at radius 1 is 0.788 bits per heavy atom. The number of rotatable bonds is 5. The van der Waals surface area contributed by atoms with Crippen molar-refractivity contribution < 1.29 is 22.4 Å². The Morgan fingerprint density at radius 3 is 2.33 bits per heavy atom. The number of benzene rings is 3. The summed E-state index contributed by atoms with van der Waals surface area (Å²) in [6.45, 7) is 0. The zero-order chi connectivity index (χ0) is 23.4. The van der Waals surface area contributed by atoms with Crippen molar-refractivity contribution in [3.05, 3.63) is 102 Å². The third-order valence-corrected chi connectivity index (χ3v) is 6.01. The van der Waals surface area contributed by atoms with E-state index in [-0.39, 0.29) is 21.8 Å². The van der Waals surface area contributed by atoms with Crippen molar-refractivity contribution in [2.75, 3.05) is 4.72 Å². The van der Waals surface area contributed by atoms with Crippen molar-refractivity contribution >= 4 is 38.4 Å². The van der Waals surface area contributed by atoms with Crippen molar-refractivity contribution in [3.8, 4) is 0 Å². The zero-order valence-electron chi connectivity index (χ0n) is 16.9. The number of fused-ring (bicyclic) bond motifs is 1. The minimum atomic E-state index is -4.15. The Labute approximate surface area is 188 Å². The Kier molecular flexibility index (Phi) is 6.01. The number of amides is 2. The number of hydrazine groups is 1. The number of para-hydroxylation sites is 2. The number of carbonyl (C=O) groups excluding carboxylic acids is 2. The second kappa shape index (κ2) is 9.05. The van der Waals surface area contributed by atoms with Crippen LogP contribution in [0.5, 0.6) is 0 Å². The van der Waals surface area contributed by atoms with Crippen LogP contribution in [0.2, 0.25) is 0 Å². The maximum atomic E-state index is 13.8. The van der Waals surface area contributed by atoms with Crippen LogP contribution >= 0.6 is 0 Å². The summed E-state index contributed by atoms with van der Waals surface area (Å²) in [7, 11) is -4.15. The molecule has 0 radical (unpaired) electrons. The number of pyridine rings is 1. The van der Waals surface area contributed by atoms with Crippen LogP contribution in [0.15, 0.2) is 89.8 Å². The number of nitrogens with zero attached hydrogens (tertiary/aromatic N) is 1. The van der Waals surface area contributed by atoms with Gasteiger partial charge in [-0.15, -0.1) is 0 Å². The number of anilines is 1. The molecular weight excluding hydrogens is 447 g/mol. The van der Waals surface area contributed by atoms with Crippen LogP contribution in [0.4, 0.5) is 10.1 Å². The molecule has 0 bridgehead atoms. The van der Waals surface area contributed by atoms with E-state index in [1.807, 2.05) is 12.1 Å². The average molecular weight is 464 g/mol. The Hall–Kier alpha value is -4.31. The summed E-state index contributed by atoms with van der Waals surface area (Å²) in [4.78, 5) is 28.8. The molecule has 3 N–H and O–H groups in total. The molecule has 8 nitrogen and oxygen atoms in total. The SMILES string of the molecule is O=C(NNC(=O)c1ccc2ccccc2n1)c1cccc(S(=O)(=O)Nc2ccccc2F)c1. The van der Waals surface area contributed by atoms with E-state index in [1.54, 1.807) is 18.2 Å². The molecule has 33 heavy (non-hydrogen) atoms. The summed E-state index contributed by atoms with van der Waals surface area (Å²) >= 11 is 0. The van der Waals surface area contributed by atoms with Gasteiger partial charge < -0.3 is 0 Å². The van der Waals surface area contributed by atoms with Crippen LogP contribution in [-0.4, -0.2) is 25.2 Å². The van der Waals surface area contributed by atoms with Gasteiger partial charge in [0, 0.05) is 10.9 Å². The first-order chi connectivity index (χ1) is 15.8. The summed E-state index contributed by atoms with van der Waals surface area (Å²) in [5.41, 5.74) is 4.95. The number of nitrogens with one attached hydrogen (secondary N) is 3. The lowest BCUT2D eigenvalue weighted by atomic mass is 10.2. The average Bonchev–Trinajstić information content (AvgIpc) is 2.83. The van der Waals surface area contributed by atoms with Crippen LogP contribution in [0, 0.1) is 5.82 Å². The molecule has 166 valence electrons. The summed E-state index contributed by atoms with van der Waals surface area (Å²) in [5.74, 6) is -2.12. The Morgan fingerprint density at radius 2 is 1.52 bits per heavy atom. The first-order valence-electron chi connectivity index (χ1n) is 9.67. The van der Waals surface area contributed by atoms with Gasteiger partial charge in [0.1, 0.15) is 11.5 Å². The maximum Gasteiger partial charge on any atom is 0.288 e. The van der Waals surface area contributed by atoms with Crippen LogP contribution in [0.25, 0.3) is 10.9 Å². The third-order valence-electron chi connectivity index (χ3n) is 4.65. The second-order valence-electron chi connectivity index (χ2n) is 6.91. The highest BCUT2D eigenvalue weighted by atomic mass is 32.2. The zero-order valence-corrected chi connectivity index (χ0v) is 17.8. The highest BCUT2D eigenvalue weighted by Gasteiger charge is 2.18.